The molecular weight excluding hydrogens is 356 g/mol. The summed E-state index contributed by atoms with van der Waals surface area (Å²) in [5.41, 5.74) is 6.26. The van der Waals surface area contributed by atoms with Gasteiger partial charge in [0.05, 0.1) is 10.2 Å². The van der Waals surface area contributed by atoms with Crippen molar-refractivity contribution in [3.8, 4) is 5.75 Å². The monoisotopic (exact) mass is 374 g/mol. The number of anilines is 1. The van der Waals surface area contributed by atoms with E-state index in [1.807, 2.05) is 0 Å². The molecule has 1 aromatic rings. The van der Waals surface area contributed by atoms with Crippen molar-refractivity contribution in [1.29, 1.82) is 0 Å². The van der Waals surface area contributed by atoms with Crippen LogP contribution in [0, 0.1) is 0 Å². The molecule has 116 valence electrons. The van der Waals surface area contributed by atoms with Gasteiger partial charge in [0.15, 0.2) is 12.4 Å². The summed E-state index contributed by atoms with van der Waals surface area (Å²) in [6.45, 7) is -0.0407. The molecule has 1 saturated carbocycles. The van der Waals surface area contributed by atoms with Crippen LogP contribution < -0.4 is 15.8 Å². The molecule has 0 spiro atoms. The molecular formula is C15H20BrClN2O2. The lowest BCUT2D eigenvalue weighted by atomic mass is 10.1. The maximum absolute atomic E-state index is 12.0. The first-order valence-corrected chi connectivity index (χ1v) is 8.40. The summed E-state index contributed by atoms with van der Waals surface area (Å²) >= 11 is 9.22. The molecule has 0 aliphatic heterocycles. The van der Waals surface area contributed by atoms with E-state index in [1.165, 1.54) is 25.7 Å². The topological polar surface area (TPSA) is 64.3 Å². The fraction of sp³-hybridized carbons (Fsp3) is 0.533. The summed E-state index contributed by atoms with van der Waals surface area (Å²) in [4.78, 5) is 12.0. The van der Waals surface area contributed by atoms with E-state index in [9.17, 15) is 4.79 Å². The highest BCUT2D eigenvalue weighted by atomic mass is 79.9. The zero-order valence-corrected chi connectivity index (χ0v) is 14.2. The van der Waals surface area contributed by atoms with Crippen molar-refractivity contribution in [1.82, 2.24) is 5.32 Å². The molecule has 1 aliphatic carbocycles. The number of hydrogen-bond donors (Lipinski definition) is 2. The molecule has 1 aliphatic rings. The predicted octanol–water partition coefficient (Wildman–Crippen LogP) is 3.90. The number of carbonyl (C=O) groups excluding carboxylic acids is 1. The fourth-order valence-electron chi connectivity index (χ4n) is 2.56. The third-order valence-electron chi connectivity index (χ3n) is 3.60. The van der Waals surface area contributed by atoms with Crippen LogP contribution in [0.3, 0.4) is 0 Å². The minimum Gasteiger partial charge on any atom is -0.480 e. The van der Waals surface area contributed by atoms with Crippen LogP contribution >= 0.6 is 27.5 Å². The molecule has 3 N–H and O–H groups in total. The van der Waals surface area contributed by atoms with Gasteiger partial charge in [-0.3, -0.25) is 4.79 Å². The third-order valence-corrected chi connectivity index (χ3v) is 4.41. The van der Waals surface area contributed by atoms with E-state index in [2.05, 4.69) is 21.2 Å². The number of halogens is 2. The Kier molecular flexibility index (Phi) is 6.18. The fourth-order valence-corrected chi connectivity index (χ4v) is 3.51. The van der Waals surface area contributed by atoms with Gasteiger partial charge in [0, 0.05) is 11.1 Å². The van der Waals surface area contributed by atoms with E-state index in [1.54, 1.807) is 12.1 Å². The average molecular weight is 376 g/mol. The van der Waals surface area contributed by atoms with Gasteiger partial charge in [-0.15, -0.1) is 0 Å². The summed E-state index contributed by atoms with van der Waals surface area (Å²) in [6, 6.07) is 3.57. The molecule has 0 bridgehead atoms. The maximum Gasteiger partial charge on any atom is 0.258 e. The van der Waals surface area contributed by atoms with Gasteiger partial charge >= 0.3 is 0 Å². The van der Waals surface area contributed by atoms with Crippen LogP contribution in [0.25, 0.3) is 0 Å². The largest absolute Gasteiger partial charge is 0.480 e. The van der Waals surface area contributed by atoms with Gasteiger partial charge in [0.2, 0.25) is 0 Å². The van der Waals surface area contributed by atoms with Crippen LogP contribution in [0.1, 0.15) is 38.5 Å². The van der Waals surface area contributed by atoms with Crippen molar-refractivity contribution in [3.05, 3.63) is 21.6 Å². The van der Waals surface area contributed by atoms with E-state index in [-0.39, 0.29) is 18.6 Å². The number of hydrogen-bond acceptors (Lipinski definition) is 3. The van der Waals surface area contributed by atoms with Crippen LogP contribution in [0.15, 0.2) is 16.6 Å². The minimum atomic E-state index is -0.108. The molecule has 4 nitrogen and oxygen atoms in total. The molecule has 2 rings (SSSR count). The van der Waals surface area contributed by atoms with Crippen molar-refractivity contribution in [3.63, 3.8) is 0 Å². The average Bonchev–Trinajstić information content (AvgIpc) is 2.66. The number of amides is 1. The summed E-state index contributed by atoms with van der Waals surface area (Å²) in [7, 11) is 0. The Hall–Kier alpha value is -0.940. The zero-order valence-electron chi connectivity index (χ0n) is 11.8. The van der Waals surface area contributed by atoms with Gasteiger partial charge in [0.25, 0.3) is 5.91 Å². The Balaban J connectivity index is 1.86. The first-order chi connectivity index (χ1) is 10.1. The molecule has 0 atom stereocenters. The van der Waals surface area contributed by atoms with Gasteiger partial charge < -0.3 is 15.8 Å². The van der Waals surface area contributed by atoms with Crippen molar-refractivity contribution in [2.24, 2.45) is 0 Å². The summed E-state index contributed by atoms with van der Waals surface area (Å²) in [5.74, 6) is 0.346. The van der Waals surface area contributed by atoms with Crippen molar-refractivity contribution in [2.75, 3.05) is 12.3 Å². The first-order valence-electron chi connectivity index (χ1n) is 7.23. The Morgan fingerprint density at radius 1 is 1.33 bits per heavy atom. The van der Waals surface area contributed by atoms with E-state index in [0.29, 0.717) is 20.9 Å². The van der Waals surface area contributed by atoms with E-state index in [0.717, 1.165) is 12.8 Å². The van der Waals surface area contributed by atoms with Gasteiger partial charge in [0.1, 0.15) is 0 Å². The molecule has 0 aromatic heterocycles. The lowest BCUT2D eigenvalue weighted by Gasteiger charge is -2.17. The minimum absolute atomic E-state index is 0.0407. The molecule has 1 fully saturated rings. The molecule has 0 radical (unpaired) electrons. The van der Waals surface area contributed by atoms with Crippen molar-refractivity contribution >= 4 is 39.1 Å². The van der Waals surface area contributed by atoms with Gasteiger partial charge in [-0.1, -0.05) is 37.3 Å². The summed E-state index contributed by atoms with van der Waals surface area (Å²) in [5, 5.41) is 3.56. The van der Waals surface area contributed by atoms with Crippen molar-refractivity contribution in [2.45, 2.75) is 44.6 Å². The highest BCUT2D eigenvalue weighted by Gasteiger charge is 2.16. The summed E-state index contributed by atoms with van der Waals surface area (Å²) in [6.07, 6.45) is 6.99. The number of benzene rings is 1. The second-order valence-corrected chi connectivity index (χ2v) is 6.64. The molecule has 1 aromatic carbocycles. The first kappa shape index (κ1) is 16.4. The molecule has 0 heterocycles. The third kappa shape index (κ3) is 5.08. The SMILES string of the molecule is Nc1cc(Cl)cc(Br)c1OCC(=O)NC1CCCCCC1. The Labute approximate surface area is 138 Å². The Bertz CT molecular complexity index is 479. The smallest absolute Gasteiger partial charge is 0.258 e. The van der Waals surface area contributed by atoms with E-state index >= 15 is 0 Å². The van der Waals surface area contributed by atoms with Crippen LogP contribution in [-0.2, 0) is 4.79 Å². The van der Waals surface area contributed by atoms with E-state index < -0.39 is 0 Å². The highest BCUT2D eigenvalue weighted by molar-refractivity contribution is 9.10. The van der Waals surface area contributed by atoms with E-state index in [4.69, 9.17) is 22.1 Å². The standard InChI is InChI=1S/C15H20BrClN2O2/c16-12-7-10(17)8-13(18)15(12)21-9-14(20)19-11-5-3-1-2-4-6-11/h7-8,11H,1-6,9,18H2,(H,19,20). The molecule has 6 heteroatoms. The Morgan fingerprint density at radius 3 is 2.62 bits per heavy atom. The second-order valence-electron chi connectivity index (χ2n) is 5.35. The van der Waals surface area contributed by atoms with Crippen LogP contribution in [-0.4, -0.2) is 18.6 Å². The lowest BCUT2D eigenvalue weighted by Crippen LogP contribution is -2.37. The molecule has 0 unspecified atom stereocenters. The highest BCUT2D eigenvalue weighted by Crippen LogP contribution is 2.34. The Morgan fingerprint density at radius 2 is 2.00 bits per heavy atom. The van der Waals surface area contributed by atoms with Crippen molar-refractivity contribution < 1.29 is 9.53 Å². The van der Waals surface area contributed by atoms with Gasteiger partial charge in [-0.2, -0.15) is 0 Å². The normalized spacial score (nSPS) is 16.3. The predicted molar refractivity (Wildman–Crippen MR) is 88.7 cm³/mol. The number of nitrogens with two attached hydrogens (primary N) is 1. The molecule has 21 heavy (non-hydrogen) atoms. The number of nitrogens with one attached hydrogen (secondary N) is 1. The maximum atomic E-state index is 12.0. The van der Waals surface area contributed by atoms with Gasteiger partial charge in [-0.05, 0) is 40.9 Å². The number of ether oxygens (including phenoxy) is 1. The second kappa shape index (κ2) is 7.90. The summed E-state index contributed by atoms with van der Waals surface area (Å²) < 4.78 is 6.16. The molecule has 0 saturated heterocycles. The van der Waals surface area contributed by atoms with Crippen LogP contribution in [0.4, 0.5) is 5.69 Å². The van der Waals surface area contributed by atoms with Gasteiger partial charge in [-0.25, -0.2) is 0 Å². The van der Waals surface area contributed by atoms with Crippen LogP contribution in [0.5, 0.6) is 5.75 Å². The molecule has 1 amide bonds. The number of nitrogen functional groups attached to an aromatic ring is 1. The number of rotatable bonds is 4. The number of carbonyl (C=O) groups is 1. The lowest BCUT2D eigenvalue weighted by molar-refractivity contribution is -0.123. The van der Waals surface area contributed by atoms with Crippen LogP contribution in [0.2, 0.25) is 5.02 Å². The quantitative estimate of drug-likeness (QED) is 0.619. The zero-order chi connectivity index (χ0) is 15.2.